The van der Waals surface area contributed by atoms with Crippen molar-refractivity contribution in [2.24, 2.45) is 0 Å². The highest BCUT2D eigenvalue weighted by Gasteiger charge is 2.48. The number of nitrogens with zero attached hydrogens (tertiary/aromatic N) is 3. The molecule has 1 saturated heterocycles. The monoisotopic (exact) mass is 418 g/mol. The van der Waals surface area contributed by atoms with E-state index in [0.717, 1.165) is 28.1 Å². The average molecular weight is 418 g/mol. The Morgan fingerprint density at radius 3 is 2.61 bits per heavy atom. The van der Waals surface area contributed by atoms with Gasteiger partial charge >= 0.3 is 0 Å². The molecule has 2 amide bonds. The summed E-state index contributed by atoms with van der Waals surface area (Å²) in [4.78, 5) is 27.5. The SMILES string of the molecule is CN1CC[C@@](O)(c2cc(-c3cccc(-c4ccc5c(c4)N(C)C(=O)CN5)c3)no2)C1=O. The van der Waals surface area contributed by atoms with E-state index in [-0.39, 0.29) is 30.5 Å². The summed E-state index contributed by atoms with van der Waals surface area (Å²) < 4.78 is 5.37. The zero-order chi connectivity index (χ0) is 21.8. The molecule has 8 heteroatoms. The number of hydrogen-bond acceptors (Lipinski definition) is 6. The minimum Gasteiger partial charge on any atom is -0.374 e. The Balaban J connectivity index is 1.48. The largest absolute Gasteiger partial charge is 0.374 e. The van der Waals surface area contributed by atoms with Gasteiger partial charge < -0.3 is 24.7 Å². The minimum absolute atomic E-state index is 0.0126. The third kappa shape index (κ3) is 3.07. The maximum absolute atomic E-state index is 12.3. The van der Waals surface area contributed by atoms with Crippen LogP contribution in [0.25, 0.3) is 22.4 Å². The first kappa shape index (κ1) is 19.3. The Bertz CT molecular complexity index is 1200. The summed E-state index contributed by atoms with van der Waals surface area (Å²) in [5.74, 6) is -0.217. The molecule has 1 fully saturated rings. The molecule has 3 heterocycles. The minimum atomic E-state index is -1.67. The summed E-state index contributed by atoms with van der Waals surface area (Å²) in [6, 6.07) is 15.3. The van der Waals surface area contributed by atoms with Crippen molar-refractivity contribution in [2.75, 3.05) is 37.4 Å². The molecule has 1 aromatic heterocycles. The quantitative estimate of drug-likeness (QED) is 0.678. The van der Waals surface area contributed by atoms with Crippen LogP contribution >= 0.6 is 0 Å². The average Bonchev–Trinajstić information content (AvgIpc) is 3.39. The fraction of sp³-hybridized carbons (Fsp3) is 0.261. The van der Waals surface area contributed by atoms with Crippen LogP contribution in [0.5, 0.6) is 0 Å². The number of anilines is 2. The van der Waals surface area contributed by atoms with E-state index in [0.29, 0.717) is 12.2 Å². The number of amides is 2. The molecule has 1 atom stereocenters. The summed E-state index contributed by atoms with van der Waals surface area (Å²) in [7, 11) is 3.42. The van der Waals surface area contributed by atoms with Crippen molar-refractivity contribution in [3.8, 4) is 22.4 Å². The van der Waals surface area contributed by atoms with Gasteiger partial charge in [0, 0.05) is 38.7 Å². The number of rotatable bonds is 3. The van der Waals surface area contributed by atoms with Gasteiger partial charge in [0.05, 0.1) is 17.9 Å². The highest BCUT2D eigenvalue weighted by Crippen LogP contribution is 2.37. The third-order valence-electron chi connectivity index (χ3n) is 6.08. The number of aliphatic hydroxyl groups is 1. The van der Waals surface area contributed by atoms with Crippen LogP contribution in [0.3, 0.4) is 0 Å². The molecule has 2 aliphatic heterocycles. The second-order valence-corrected chi connectivity index (χ2v) is 8.03. The molecular formula is C23H22N4O4. The standard InChI is InChI=1S/C23H22N4O4/c1-26-9-8-23(30,22(26)29)20-12-18(25-31-20)16-5-3-4-14(10-16)15-6-7-17-19(11-15)27(2)21(28)13-24-17/h3-7,10-12,24,30H,8-9,13H2,1-2H3/t23-/m1/s1. The molecule has 0 aliphatic carbocycles. The first-order valence-electron chi connectivity index (χ1n) is 10.1. The molecule has 3 aromatic rings. The number of likely N-dealkylation sites (tertiary alicyclic amines) is 1. The maximum atomic E-state index is 12.3. The predicted molar refractivity (Wildman–Crippen MR) is 115 cm³/mol. The molecule has 2 aromatic carbocycles. The van der Waals surface area contributed by atoms with Crippen molar-refractivity contribution >= 4 is 23.2 Å². The van der Waals surface area contributed by atoms with Crippen molar-refractivity contribution in [3.05, 3.63) is 54.3 Å². The van der Waals surface area contributed by atoms with Gasteiger partial charge in [-0.25, -0.2) is 0 Å². The number of likely N-dealkylation sites (N-methyl/N-ethyl adjacent to an activating group) is 2. The molecule has 8 nitrogen and oxygen atoms in total. The van der Waals surface area contributed by atoms with E-state index in [2.05, 4.69) is 10.5 Å². The molecule has 0 spiro atoms. The lowest BCUT2D eigenvalue weighted by molar-refractivity contribution is -0.144. The zero-order valence-electron chi connectivity index (χ0n) is 17.3. The van der Waals surface area contributed by atoms with Gasteiger partial charge in [0.15, 0.2) is 5.76 Å². The van der Waals surface area contributed by atoms with E-state index in [1.165, 1.54) is 4.90 Å². The van der Waals surface area contributed by atoms with E-state index >= 15 is 0 Å². The molecule has 0 unspecified atom stereocenters. The lowest BCUT2D eigenvalue weighted by Crippen LogP contribution is -2.36. The van der Waals surface area contributed by atoms with E-state index < -0.39 is 5.60 Å². The van der Waals surface area contributed by atoms with Gasteiger partial charge in [0.2, 0.25) is 11.5 Å². The number of hydrogen-bond donors (Lipinski definition) is 2. The molecular weight excluding hydrogens is 396 g/mol. The smallest absolute Gasteiger partial charge is 0.262 e. The van der Waals surface area contributed by atoms with Crippen LogP contribution in [0.4, 0.5) is 11.4 Å². The van der Waals surface area contributed by atoms with Gasteiger partial charge in [-0.05, 0) is 29.3 Å². The summed E-state index contributed by atoms with van der Waals surface area (Å²) in [5.41, 5.74) is 3.33. The lowest BCUT2D eigenvalue weighted by Gasteiger charge is -2.27. The normalized spacial score (nSPS) is 20.7. The van der Waals surface area contributed by atoms with Crippen LogP contribution in [0.15, 0.2) is 53.1 Å². The van der Waals surface area contributed by atoms with Crippen molar-refractivity contribution in [1.29, 1.82) is 0 Å². The first-order valence-corrected chi connectivity index (χ1v) is 10.1. The number of carbonyl (C=O) groups excluding carboxylic acids is 2. The molecule has 0 radical (unpaired) electrons. The Morgan fingerprint density at radius 2 is 1.84 bits per heavy atom. The second kappa shape index (κ2) is 6.95. The predicted octanol–water partition coefficient (Wildman–Crippen LogP) is 2.45. The number of nitrogens with one attached hydrogen (secondary N) is 1. The molecule has 0 saturated carbocycles. The van der Waals surface area contributed by atoms with Gasteiger partial charge in [-0.2, -0.15) is 0 Å². The van der Waals surface area contributed by atoms with E-state index in [1.807, 2.05) is 42.5 Å². The summed E-state index contributed by atoms with van der Waals surface area (Å²) in [6.07, 6.45) is 0.270. The van der Waals surface area contributed by atoms with E-state index in [4.69, 9.17) is 4.52 Å². The van der Waals surface area contributed by atoms with Crippen LogP contribution in [0.1, 0.15) is 12.2 Å². The maximum Gasteiger partial charge on any atom is 0.262 e. The van der Waals surface area contributed by atoms with Crippen LogP contribution < -0.4 is 10.2 Å². The van der Waals surface area contributed by atoms with Crippen molar-refractivity contribution in [2.45, 2.75) is 12.0 Å². The highest BCUT2D eigenvalue weighted by molar-refractivity contribution is 6.03. The van der Waals surface area contributed by atoms with E-state index in [1.54, 1.807) is 25.1 Å². The number of benzene rings is 2. The zero-order valence-corrected chi connectivity index (χ0v) is 17.3. The van der Waals surface area contributed by atoms with Gasteiger partial charge in [-0.3, -0.25) is 9.59 Å². The van der Waals surface area contributed by atoms with Gasteiger partial charge in [0.1, 0.15) is 5.69 Å². The van der Waals surface area contributed by atoms with Crippen LogP contribution in [-0.4, -0.2) is 54.2 Å². The Morgan fingerprint density at radius 1 is 1.06 bits per heavy atom. The Hall–Kier alpha value is -3.65. The Kier molecular flexibility index (Phi) is 4.33. The molecule has 0 bridgehead atoms. The lowest BCUT2D eigenvalue weighted by atomic mass is 9.97. The van der Waals surface area contributed by atoms with Crippen LogP contribution in [0.2, 0.25) is 0 Å². The third-order valence-corrected chi connectivity index (χ3v) is 6.08. The highest BCUT2D eigenvalue weighted by atomic mass is 16.5. The second-order valence-electron chi connectivity index (χ2n) is 8.03. The summed E-state index contributed by atoms with van der Waals surface area (Å²) in [6.45, 7) is 0.752. The number of carbonyl (C=O) groups is 2. The fourth-order valence-electron chi connectivity index (χ4n) is 4.11. The summed E-state index contributed by atoms with van der Waals surface area (Å²) in [5, 5.41) is 18.0. The van der Waals surface area contributed by atoms with Crippen molar-refractivity contribution in [3.63, 3.8) is 0 Å². The van der Waals surface area contributed by atoms with Crippen LogP contribution in [0, 0.1) is 0 Å². The molecule has 31 heavy (non-hydrogen) atoms. The number of aromatic nitrogens is 1. The van der Waals surface area contributed by atoms with Gasteiger partial charge in [-0.1, -0.05) is 29.4 Å². The van der Waals surface area contributed by atoms with Crippen molar-refractivity contribution in [1.82, 2.24) is 10.1 Å². The fourth-order valence-corrected chi connectivity index (χ4v) is 4.11. The van der Waals surface area contributed by atoms with Crippen molar-refractivity contribution < 1.29 is 19.2 Å². The topological polar surface area (TPSA) is 98.9 Å². The van der Waals surface area contributed by atoms with E-state index in [9.17, 15) is 14.7 Å². The number of fused-ring (bicyclic) bond motifs is 1. The Labute approximate surface area is 179 Å². The molecule has 2 aliphatic rings. The first-order chi connectivity index (χ1) is 14.9. The molecule has 2 N–H and O–H groups in total. The van der Waals surface area contributed by atoms with Gasteiger partial charge in [0.25, 0.3) is 5.91 Å². The molecule has 5 rings (SSSR count). The molecule has 158 valence electrons. The summed E-state index contributed by atoms with van der Waals surface area (Å²) >= 11 is 0. The van der Waals surface area contributed by atoms with Gasteiger partial charge in [-0.15, -0.1) is 0 Å². The van der Waals surface area contributed by atoms with Crippen LogP contribution in [-0.2, 0) is 15.2 Å².